The van der Waals surface area contributed by atoms with Crippen LogP contribution in [-0.4, -0.2) is 39.3 Å². The number of anilines is 2. The van der Waals surface area contributed by atoms with Crippen LogP contribution in [0.4, 0.5) is 11.4 Å². The number of nitrogens with one attached hydrogen (secondary N) is 2. The van der Waals surface area contributed by atoms with Crippen LogP contribution < -0.4 is 9.03 Å². The summed E-state index contributed by atoms with van der Waals surface area (Å²) in [5.41, 5.74) is 1.32. The average molecular weight is 384 g/mol. The Bertz CT molecular complexity index is 988. The van der Waals surface area contributed by atoms with Gasteiger partial charge in [-0.05, 0) is 38.8 Å². The Hall–Kier alpha value is -2.07. The number of benzene rings is 1. The summed E-state index contributed by atoms with van der Waals surface area (Å²) in [5.74, 6) is 0. The first-order valence-corrected chi connectivity index (χ1v) is 11.1. The molecule has 1 saturated carbocycles. The SMILES string of the molecule is Cc1n[nH]c(C)c1S(=O)(=O)Nc1ccccc1N(C1CC1)S(C)(=O)=O. The first-order valence-electron chi connectivity index (χ1n) is 7.74. The van der Waals surface area contributed by atoms with Crippen LogP contribution in [0, 0.1) is 13.8 Å². The molecule has 0 spiro atoms. The summed E-state index contributed by atoms with van der Waals surface area (Å²) < 4.78 is 53.8. The molecule has 1 heterocycles. The molecule has 10 heteroatoms. The Labute approximate surface area is 147 Å². The molecular weight excluding hydrogens is 364 g/mol. The van der Waals surface area contributed by atoms with Gasteiger partial charge in [-0.3, -0.25) is 14.1 Å². The van der Waals surface area contributed by atoms with Crippen molar-refractivity contribution in [1.82, 2.24) is 10.2 Å². The topological polar surface area (TPSA) is 112 Å². The number of H-pyrrole nitrogens is 1. The standard InChI is InChI=1S/C15H20N4O4S2/c1-10-15(11(2)17-16-10)25(22,23)18-13-6-4-5-7-14(13)19(12-8-9-12)24(3,20)21/h4-7,12,18H,8-9H2,1-3H3,(H,16,17). The molecule has 0 atom stereocenters. The van der Waals surface area contributed by atoms with Gasteiger partial charge >= 0.3 is 0 Å². The quantitative estimate of drug-likeness (QED) is 0.788. The summed E-state index contributed by atoms with van der Waals surface area (Å²) >= 11 is 0. The molecule has 0 amide bonds. The van der Waals surface area contributed by atoms with Crippen LogP contribution in [0.15, 0.2) is 29.2 Å². The number of nitrogens with zero attached hydrogens (tertiary/aromatic N) is 2. The van der Waals surface area contributed by atoms with Gasteiger partial charge in [0.15, 0.2) is 0 Å². The van der Waals surface area contributed by atoms with Gasteiger partial charge in [-0.15, -0.1) is 0 Å². The highest BCUT2D eigenvalue weighted by Gasteiger charge is 2.37. The van der Waals surface area contributed by atoms with Gasteiger partial charge in [-0.25, -0.2) is 16.8 Å². The van der Waals surface area contributed by atoms with Crippen molar-refractivity contribution in [1.29, 1.82) is 0 Å². The van der Waals surface area contributed by atoms with E-state index in [0.29, 0.717) is 17.1 Å². The van der Waals surface area contributed by atoms with Crippen LogP contribution in [0.3, 0.4) is 0 Å². The number of aromatic nitrogens is 2. The van der Waals surface area contributed by atoms with Gasteiger partial charge in [0.25, 0.3) is 10.0 Å². The Morgan fingerprint density at radius 1 is 1.16 bits per heavy atom. The fourth-order valence-electron chi connectivity index (χ4n) is 2.84. The van der Waals surface area contributed by atoms with Crippen molar-refractivity contribution in [3.8, 4) is 0 Å². The lowest BCUT2D eigenvalue weighted by atomic mass is 10.2. The van der Waals surface area contributed by atoms with Gasteiger partial charge in [0.2, 0.25) is 10.0 Å². The summed E-state index contributed by atoms with van der Waals surface area (Å²) in [6.45, 7) is 3.21. The molecule has 1 fully saturated rings. The molecule has 1 aromatic heterocycles. The molecule has 0 unspecified atom stereocenters. The molecule has 2 N–H and O–H groups in total. The summed E-state index contributed by atoms with van der Waals surface area (Å²) in [6.07, 6.45) is 2.64. The largest absolute Gasteiger partial charge is 0.281 e. The van der Waals surface area contributed by atoms with Crippen molar-refractivity contribution >= 4 is 31.4 Å². The summed E-state index contributed by atoms with van der Waals surface area (Å²) in [5, 5.41) is 6.55. The minimum atomic E-state index is -3.90. The molecule has 1 aromatic carbocycles. The fourth-order valence-corrected chi connectivity index (χ4v) is 5.56. The zero-order valence-corrected chi connectivity index (χ0v) is 15.8. The van der Waals surface area contributed by atoms with Crippen molar-refractivity contribution in [2.75, 3.05) is 15.3 Å². The second-order valence-corrected chi connectivity index (χ2v) is 9.65. The number of hydrogen-bond donors (Lipinski definition) is 2. The summed E-state index contributed by atoms with van der Waals surface area (Å²) in [7, 11) is -7.43. The zero-order valence-electron chi connectivity index (χ0n) is 14.1. The molecule has 8 nitrogen and oxygen atoms in total. The predicted octanol–water partition coefficient (Wildman–Crippen LogP) is 1.76. The molecule has 25 heavy (non-hydrogen) atoms. The molecule has 0 saturated heterocycles. The average Bonchev–Trinajstić information content (AvgIpc) is 3.24. The van der Waals surface area contributed by atoms with E-state index in [1.807, 2.05) is 0 Å². The van der Waals surface area contributed by atoms with E-state index in [0.717, 1.165) is 19.1 Å². The van der Waals surface area contributed by atoms with E-state index < -0.39 is 20.0 Å². The Morgan fingerprint density at radius 3 is 2.32 bits per heavy atom. The normalized spacial score (nSPS) is 15.2. The van der Waals surface area contributed by atoms with Crippen LogP contribution in [0.25, 0.3) is 0 Å². The summed E-state index contributed by atoms with van der Waals surface area (Å²) in [4.78, 5) is 0.0691. The van der Waals surface area contributed by atoms with Crippen LogP contribution in [0.1, 0.15) is 24.2 Å². The van der Waals surface area contributed by atoms with Gasteiger partial charge in [0, 0.05) is 6.04 Å². The lowest BCUT2D eigenvalue weighted by Crippen LogP contribution is -2.33. The van der Waals surface area contributed by atoms with Crippen LogP contribution in [0.2, 0.25) is 0 Å². The van der Waals surface area contributed by atoms with Gasteiger partial charge in [-0.2, -0.15) is 5.10 Å². The van der Waals surface area contributed by atoms with E-state index in [1.54, 1.807) is 38.1 Å². The number of rotatable bonds is 6. The zero-order chi connectivity index (χ0) is 18.4. The second kappa shape index (κ2) is 6.03. The Morgan fingerprint density at radius 2 is 1.80 bits per heavy atom. The van der Waals surface area contributed by atoms with E-state index in [-0.39, 0.29) is 16.6 Å². The monoisotopic (exact) mass is 384 g/mol. The number of hydrogen-bond acceptors (Lipinski definition) is 5. The lowest BCUT2D eigenvalue weighted by Gasteiger charge is -2.25. The van der Waals surface area contributed by atoms with Crippen molar-refractivity contribution < 1.29 is 16.8 Å². The van der Waals surface area contributed by atoms with Crippen LogP contribution >= 0.6 is 0 Å². The third-order valence-corrected chi connectivity index (χ3v) is 6.79. The van der Waals surface area contributed by atoms with Gasteiger partial charge in [0.1, 0.15) is 4.90 Å². The number of sulfonamides is 2. The highest BCUT2D eigenvalue weighted by molar-refractivity contribution is 7.93. The molecule has 136 valence electrons. The van der Waals surface area contributed by atoms with Crippen molar-refractivity contribution in [2.45, 2.75) is 37.6 Å². The highest BCUT2D eigenvalue weighted by Crippen LogP contribution is 2.38. The highest BCUT2D eigenvalue weighted by atomic mass is 32.2. The smallest absolute Gasteiger partial charge is 0.265 e. The van der Waals surface area contributed by atoms with Crippen molar-refractivity contribution in [3.05, 3.63) is 35.7 Å². The third kappa shape index (κ3) is 3.49. The fraction of sp³-hybridized carbons (Fsp3) is 0.400. The molecule has 1 aliphatic rings. The van der Waals surface area contributed by atoms with E-state index in [4.69, 9.17) is 0 Å². The van der Waals surface area contributed by atoms with Crippen LogP contribution in [0.5, 0.6) is 0 Å². The minimum absolute atomic E-state index is 0.0691. The molecule has 3 rings (SSSR count). The van der Waals surface area contributed by atoms with Crippen LogP contribution in [-0.2, 0) is 20.0 Å². The van der Waals surface area contributed by atoms with E-state index >= 15 is 0 Å². The second-order valence-electron chi connectivity index (χ2n) is 6.18. The van der Waals surface area contributed by atoms with Gasteiger partial charge in [0.05, 0.1) is 29.0 Å². The number of para-hydroxylation sites is 2. The Balaban J connectivity index is 2.05. The number of aryl methyl sites for hydroxylation is 2. The first kappa shape index (κ1) is 17.7. The maximum atomic E-state index is 12.8. The maximum Gasteiger partial charge on any atom is 0.265 e. The molecule has 0 bridgehead atoms. The van der Waals surface area contributed by atoms with Crippen molar-refractivity contribution in [3.63, 3.8) is 0 Å². The number of aromatic amines is 1. The maximum absolute atomic E-state index is 12.8. The predicted molar refractivity (Wildman–Crippen MR) is 95.7 cm³/mol. The van der Waals surface area contributed by atoms with E-state index in [1.165, 1.54) is 4.31 Å². The summed E-state index contributed by atoms with van der Waals surface area (Å²) in [6, 6.07) is 6.37. The minimum Gasteiger partial charge on any atom is -0.281 e. The molecule has 2 aromatic rings. The van der Waals surface area contributed by atoms with E-state index in [9.17, 15) is 16.8 Å². The molecule has 0 aliphatic heterocycles. The van der Waals surface area contributed by atoms with Gasteiger partial charge in [-0.1, -0.05) is 12.1 Å². The molecule has 1 aliphatic carbocycles. The molecule has 0 radical (unpaired) electrons. The molecular formula is C15H20N4O4S2. The third-order valence-electron chi connectivity index (χ3n) is 3.95. The van der Waals surface area contributed by atoms with Gasteiger partial charge < -0.3 is 0 Å². The van der Waals surface area contributed by atoms with Crippen molar-refractivity contribution in [2.24, 2.45) is 0 Å². The lowest BCUT2D eigenvalue weighted by molar-refractivity contribution is 0.594. The van der Waals surface area contributed by atoms with E-state index in [2.05, 4.69) is 14.9 Å². The Kier molecular flexibility index (Phi) is 4.28. The first-order chi connectivity index (χ1) is 11.6.